The van der Waals surface area contributed by atoms with E-state index in [1.807, 2.05) is 13.8 Å². The molecule has 0 saturated heterocycles. The summed E-state index contributed by atoms with van der Waals surface area (Å²) in [6.45, 7) is 5.71. The van der Waals surface area contributed by atoms with Crippen LogP contribution in [0.2, 0.25) is 0 Å². The van der Waals surface area contributed by atoms with Crippen LogP contribution in [0.1, 0.15) is 43.6 Å². The van der Waals surface area contributed by atoms with E-state index in [1.165, 1.54) is 23.2 Å². The summed E-state index contributed by atoms with van der Waals surface area (Å²) in [5.74, 6) is -0.166. The summed E-state index contributed by atoms with van der Waals surface area (Å²) < 4.78 is 23.7. The summed E-state index contributed by atoms with van der Waals surface area (Å²) in [4.78, 5) is 30.0. The summed E-state index contributed by atoms with van der Waals surface area (Å²) in [6, 6.07) is 7.72. The van der Waals surface area contributed by atoms with Crippen LogP contribution in [-0.4, -0.2) is 41.2 Å². The van der Waals surface area contributed by atoms with Gasteiger partial charge in [-0.3, -0.25) is 14.7 Å². The van der Waals surface area contributed by atoms with E-state index in [4.69, 9.17) is 0 Å². The molecule has 9 heteroatoms. The van der Waals surface area contributed by atoms with Crippen molar-refractivity contribution >= 4 is 27.5 Å². The number of fused-ring (bicyclic) bond motifs is 1. The summed E-state index contributed by atoms with van der Waals surface area (Å²) in [5, 5.41) is 12.2. The molecule has 3 rings (SSSR count). The maximum atomic E-state index is 12.4. The summed E-state index contributed by atoms with van der Waals surface area (Å²) in [5.41, 5.74) is 2.69. The lowest BCUT2D eigenvalue weighted by Crippen LogP contribution is -2.30. The number of anilines is 1. The number of aromatic nitrogens is 1. The Hall–Kier alpha value is -2.94. The molecule has 0 spiro atoms. The molecule has 2 N–H and O–H groups in total. The Bertz CT molecular complexity index is 1060. The number of carbonyl (C=O) groups is 2. The first kappa shape index (κ1) is 21.8. The van der Waals surface area contributed by atoms with Gasteiger partial charge in [0, 0.05) is 0 Å². The molecule has 1 aromatic heterocycles. The predicted octanol–water partition coefficient (Wildman–Crippen LogP) is 3.25. The van der Waals surface area contributed by atoms with Gasteiger partial charge in [0.2, 0.25) is 5.91 Å². The Morgan fingerprint density at radius 3 is 2.50 bits per heavy atom. The third kappa shape index (κ3) is 4.46. The van der Waals surface area contributed by atoms with Gasteiger partial charge in [-0.2, -0.15) is 0 Å². The van der Waals surface area contributed by atoms with E-state index in [2.05, 4.69) is 10.3 Å². The topological polar surface area (TPSA) is 117 Å². The van der Waals surface area contributed by atoms with Crippen molar-refractivity contribution in [3.05, 3.63) is 53.3 Å². The van der Waals surface area contributed by atoms with E-state index in [0.717, 1.165) is 11.3 Å². The number of carbonyl (C=O) groups excluding carboxylic acids is 1. The summed E-state index contributed by atoms with van der Waals surface area (Å²) in [7, 11) is -3.27. The highest BCUT2D eigenvalue weighted by Crippen LogP contribution is 2.38. The first-order chi connectivity index (χ1) is 14.1. The van der Waals surface area contributed by atoms with Gasteiger partial charge in [0.25, 0.3) is 0 Å². The second kappa shape index (κ2) is 8.43. The molecule has 0 saturated carbocycles. The zero-order valence-electron chi connectivity index (χ0n) is 17.1. The van der Waals surface area contributed by atoms with Crippen molar-refractivity contribution in [3.8, 4) is 0 Å². The fourth-order valence-corrected chi connectivity index (χ4v) is 4.53. The Morgan fingerprint density at radius 1 is 1.27 bits per heavy atom. The number of carboxylic acid groups (broad SMARTS) is 1. The number of hydrogen-bond acceptors (Lipinski definition) is 5. The van der Waals surface area contributed by atoms with Gasteiger partial charge in [0.15, 0.2) is 9.84 Å². The Labute approximate surface area is 175 Å². The maximum absolute atomic E-state index is 12.4. The molecule has 0 bridgehead atoms. The number of rotatable bonds is 6. The van der Waals surface area contributed by atoms with Crippen LogP contribution in [0.5, 0.6) is 0 Å². The van der Waals surface area contributed by atoms with Crippen molar-refractivity contribution in [3.63, 3.8) is 0 Å². The standard InChI is InChI=1S/C21H25N3O5S/c1-4-30(28,29)17-7-5-14(6-8-17)9-18(25)23-16-10-15-12-24(21(26)27)20(13(2)3)19(15)22-11-16/h5-8,10-11,13,20H,4,9,12H2,1-3H3,(H,23,25)(H,26,27)/t20-/m0/s1. The average molecular weight is 432 g/mol. The number of pyridine rings is 1. The van der Waals surface area contributed by atoms with Gasteiger partial charge < -0.3 is 10.4 Å². The number of nitrogens with one attached hydrogen (secondary N) is 1. The van der Waals surface area contributed by atoms with Crippen LogP contribution in [0.25, 0.3) is 0 Å². The Morgan fingerprint density at radius 2 is 1.93 bits per heavy atom. The lowest BCUT2D eigenvalue weighted by atomic mass is 10.0. The van der Waals surface area contributed by atoms with E-state index in [1.54, 1.807) is 25.1 Å². The van der Waals surface area contributed by atoms with Crippen molar-refractivity contribution in [2.45, 2.75) is 44.7 Å². The molecule has 0 unspecified atom stereocenters. The van der Waals surface area contributed by atoms with Crippen molar-refractivity contribution in [2.24, 2.45) is 5.92 Å². The van der Waals surface area contributed by atoms with Crippen LogP contribution >= 0.6 is 0 Å². The highest BCUT2D eigenvalue weighted by Gasteiger charge is 2.37. The molecule has 0 radical (unpaired) electrons. The maximum Gasteiger partial charge on any atom is 0.408 e. The summed E-state index contributed by atoms with van der Waals surface area (Å²) >= 11 is 0. The van der Waals surface area contributed by atoms with Gasteiger partial charge in [-0.1, -0.05) is 32.9 Å². The fraction of sp³-hybridized carbons (Fsp3) is 0.381. The highest BCUT2D eigenvalue weighted by atomic mass is 32.2. The zero-order chi connectivity index (χ0) is 22.1. The molecule has 2 heterocycles. The average Bonchev–Trinajstić information content (AvgIpc) is 3.07. The normalized spacial score (nSPS) is 15.9. The summed E-state index contributed by atoms with van der Waals surface area (Å²) in [6.07, 6.45) is 0.624. The molecular formula is C21H25N3O5S. The van der Waals surface area contributed by atoms with Crippen molar-refractivity contribution in [1.29, 1.82) is 0 Å². The van der Waals surface area contributed by atoms with E-state index >= 15 is 0 Å². The number of amides is 2. The quantitative estimate of drug-likeness (QED) is 0.725. The largest absolute Gasteiger partial charge is 0.465 e. The third-order valence-electron chi connectivity index (χ3n) is 5.15. The second-order valence-corrected chi connectivity index (χ2v) is 9.92. The minimum absolute atomic E-state index is 0.0230. The molecule has 1 aliphatic rings. The van der Waals surface area contributed by atoms with Crippen LogP contribution in [0.4, 0.5) is 10.5 Å². The SMILES string of the molecule is CCS(=O)(=O)c1ccc(CC(=O)Nc2cnc3c(c2)CN(C(=O)O)[C@H]3C(C)C)cc1. The first-order valence-electron chi connectivity index (χ1n) is 9.72. The number of hydrogen-bond donors (Lipinski definition) is 2. The number of sulfone groups is 1. The molecule has 0 aliphatic carbocycles. The van der Waals surface area contributed by atoms with E-state index in [0.29, 0.717) is 11.3 Å². The smallest absolute Gasteiger partial charge is 0.408 e. The molecule has 1 aromatic carbocycles. The Kier molecular flexibility index (Phi) is 6.12. The van der Waals surface area contributed by atoms with E-state index in [9.17, 15) is 23.1 Å². The predicted molar refractivity (Wildman–Crippen MR) is 112 cm³/mol. The molecule has 8 nitrogen and oxygen atoms in total. The van der Waals surface area contributed by atoms with E-state index in [-0.39, 0.29) is 41.5 Å². The highest BCUT2D eigenvalue weighted by molar-refractivity contribution is 7.91. The molecule has 30 heavy (non-hydrogen) atoms. The number of nitrogens with zero attached hydrogens (tertiary/aromatic N) is 2. The first-order valence-corrected chi connectivity index (χ1v) is 11.4. The molecule has 1 atom stereocenters. The van der Waals surface area contributed by atoms with Gasteiger partial charge in [-0.15, -0.1) is 0 Å². The van der Waals surface area contributed by atoms with Crippen LogP contribution < -0.4 is 5.32 Å². The molecule has 2 aromatic rings. The van der Waals surface area contributed by atoms with Gasteiger partial charge in [-0.05, 0) is 35.2 Å². The van der Waals surface area contributed by atoms with Crippen molar-refractivity contribution < 1.29 is 23.1 Å². The van der Waals surface area contributed by atoms with Gasteiger partial charge in [-0.25, -0.2) is 13.2 Å². The van der Waals surface area contributed by atoms with Crippen molar-refractivity contribution in [2.75, 3.05) is 11.1 Å². The minimum atomic E-state index is -3.27. The zero-order valence-corrected chi connectivity index (χ0v) is 17.9. The van der Waals surface area contributed by atoms with Crippen LogP contribution in [0, 0.1) is 5.92 Å². The molecule has 2 amide bonds. The molecule has 160 valence electrons. The third-order valence-corrected chi connectivity index (χ3v) is 6.90. The molecule has 0 fully saturated rings. The van der Waals surface area contributed by atoms with Gasteiger partial charge in [0.05, 0.1) is 47.2 Å². The van der Waals surface area contributed by atoms with Crippen LogP contribution in [0.3, 0.4) is 0 Å². The van der Waals surface area contributed by atoms with Crippen LogP contribution in [-0.2, 0) is 27.6 Å². The minimum Gasteiger partial charge on any atom is -0.465 e. The van der Waals surface area contributed by atoms with Gasteiger partial charge >= 0.3 is 6.09 Å². The van der Waals surface area contributed by atoms with E-state index < -0.39 is 15.9 Å². The lowest BCUT2D eigenvalue weighted by Gasteiger charge is -2.24. The van der Waals surface area contributed by atoms with Crippen molar-refractivity contribution in [1.82, 2.24) is 9.88 Å². The molecular weight excluding hydrogens is 406 g/mol. The second-order valence-electron chi connectivity index (χ2n) is 7.64. The lowest BCUT2D eigenvalue weighted by molar-refractivity contribution is -0.115. The van der Waals surface area contributed by atoms with Crippen LogP contribution in [0.15, 0.2) is 41.4 Å². The Balaban J connectivity index is 1.70. The molecule has 1 aliphatic heterocycles. The van der Waals surface area contributed by atoms with Gasteiger partial charge in [0.1, 0.15) is 0 Å². The fourth-order valence-electron chi connectivity index (χ4n) is 3.65. The monoisotopic (exact) mass is 431 g/mol. The number of benzene rings is 1.